The number of benzene rings is 2. The van der Waals surface area contributed by atoms with Crippen molar-refractivity contribution in [1.82, 2.24) is 9.88 Å². The van der Waals surface area contributed by atoms with E-state index >= 15 is 0 Å². The molecule has 0 aliphatic carbocycles. The van der Waals surface area contributed by atoms with Crippen molar-refractivity contribution in [3.8, 4) is 0 Å². The number of aromatic nitrogens is 1. The van der Waals surface area contributed by atoms with Crippen LogP contribution >= 0.6 is 0 Å². The molecule has 3 aliphatic heterocycles. The predicted molar refractivity (Wildman–Crippen MR) is 125 cm³/mol. The second-order valence-corrected chi connectivity index (χ2v) is 9.25. The summed E-state index contributed by atoms with van der Waals surface area (Å²) in [6.07, 6.45) is 2.09. The van der Waals surface area contributed by atoms with Crippen LogP contribution in [0.2, 0.25) is 0 Å². The number of carbonyl (C=O) groups excluding carboxylic acids is 2. The first kappa shape index (κ1) is 20.9. The zero-order valence-corrected chi connectivity index (χ0v) is 18.6. The van der Waals surface area contributed by atoms with Crippen LogP contribution in [0.3, 0.4) is 0 Å². The number of rotatable bonds is 2. The molecule has 2 aromatic carbocycles. The average molecular weight is 456 g/mol. The van der Waals surface area contributed by atoms with Gasteiger partial charge in [0.05, 0.1) is 17.7 Å². The number of carbonyl (C=O) groups is 2. The number of fused-ring (bicyclic) bond motifs is 4. The molecule has 172 valence electrons. The molecule has 1 N–H and O–H groups in total. The lowest BCUT2D eigenvalue weighted by molar-refractivity contribution is 0.0252. The summed E-state index contributed by atoms with van der Waals surface area (Å²) >= 11 is 0. The molecule has 0 bridgehead atoms. The highest BCUT2D eigenvalue weighted by Gasteiger charge is 2.38. The Morgan fingerprint density at radius 2 is 1.88 bits per heavy atom. The van der Waals surface area contributed by atoms with Crippen molar-refractivity contribution in [3.05, 3.63) is 94.7 Å². The van der Waals surface area contributed by atoms with Gasteiger partial charge in [-0.2, -0.15) is 0 Å². The van der Waals surface area contributed by atoms with Crippen LogP contribution in [-0.2, 0) is 17.7 Å². The Morgan fingerprint density at radius 1 is 1.03 bits per heavy atom. The van der Waals surface area contributed by atoms with Gasteiger partial charge in [0.25, 0.3) is 5.91 Å². The van der Waals surface area contributed by atoms with E-state index in [-0.39, 0.29) is 24.0 Å². The molecule has 0 spiro atoms. The Morgan fingerprint density at radius 3 is 2.74 bits per heavy atom. The van der Waals surface area contributed by atoms with Crippen LogP contribution in [0.1, 0.15) is 49.9 Å². The molecule has 1 saturated heterocycles. The highest BCUT2D eigenvalue weighted by molar-refractivity contribution is 5.98. The van der Waals surface area contributed by atoms with Crippen molar-refractivity contribution in [2.24, 2.45) is 0 Å². The maximum Gasteiger partial charge on any atom is 0.339 e. The maximum absolute atomic E-state index is 13.7. The second kappa shape index (κ2) is 8.25. The maximum atomic E-state index is 13.7. The average Bonchev–Trinajstić information content (AvgIpc) is 3.15. The Balaban J connectivity index is 1.30. The Bertz CT molecular complexity index is 1260. The number of nitrogens with zero attached hydrogens (tertiary/aromatic N) is 3. The van der Waals surface area contributed by atoms with Gasteiger partial charge in [-0.05, 0) is 41.8 Å². The van der Waals surface area contributed by atoms with Crippen LogP contribution in [0, 0.1) is 0 Å². The fourth-order valence-electron chi connectivity index (χ4n) is 5.38. The van der Waals surface area contributed by atoms with Gasteiger partial charge in [-0.1, -0.05) is 36.4 Å². The normalized spacial score (nSPS) is 23.4. The van der Waals surface area contributed by atoms with Gasteiger partial charge < -0.3 is 19.6 Å². The summed E-state index contributed by atoms with van der Waals surface area (Å²) in [7, 11) is 0. The minimum atomic E-state index is -0.431. The summed E-state index contributed by atoms with van der Waals surface area (Å²) in [4.78, 5) is 34.8. The third-order valence-corrected chi connectivity index (χ3v) is 7.01. The zero-order chi connectivity index (χ0) is 23.2. The molecule has 6 rings (SSSR count). The van der Waals surface area contributed by atoms with Gasteiger partial charge in [-0.25, -0.2) is 9.78 Å². The summed E-state index contributed by atoms with van der Waals surface area (Å²) < 4.78 is 5.66. The van der Waals surface area contributed by atoms with E-state index in [0.717, 1.165) is 22.5 Å². The molecule has 3 aromatic rings. The van der Waals surface area contributed by atoms with Crippen molar-refractivity contribution in [2.75, 3.05) is 18.0 Å². The molecule has 3 aliphatic rings. The first-order chi connectivity index (χ1) is 16.6. The molecule has 3 atom stereocenters. The molecular formula is C27H25N3O4. The largest absolute Gasteiger partial charge is 0.454 e. The standard InChI is InChI=1S/C27H25N3O4/c31-22-13-21-15-29(14-19-7-4-10-28-25(19)30(21)16-22)26(32)18-8-9-23-20(11-18)12-24(34-27(23)33)17-5-2-1-3-6-17/h1-11,21-22,24,31H,12-16H2/t21-,22+,24?/m0/s1. The minimum absolute atomic E-state index is 0.0187. The Labute approximate surface area is 197 Å². The number of amides is 1. The molecule has 7 nitrogen and oxygen atoms in total. The third kappa shape index (κ3) is 3.62. The van der Waals surface area contributed by atoms with Gasteiger partial charge in [0, 0.05) is 43.4 Å². The fraction of sp³-hybridized carbons (Fsp3) is 0.296. The quantitative estimate of drug-likeness (QED) is 0.598. The van der Waals surface area contributed by atoms with E-state index < -0.39 is 6.10 Å². The molecule has 1 amide bonds. The van der Waals surface area contributed by atoms with E-state index in [1.54, 1.807) is 18.3 Å². The summed E-state index contributed by atoms with van der Waals surface area (Å²) in [6, 6.07) is 18.8. The van der Waals surface area contributed by atoms with Crippen LogP contribution in [-0.4, -0.2) is 52.1 Å². The fourth-order valence-corrected chi connectivity index (χ4v) is 5.38. The van der Waals surface area contributed by atoms with Crippen LogP contribution < -0.4 is 4.90 Å². The van der Waals surface area contributed by atoms with Crippen LogP contribution in [0.15, 0.2) is 66.9 Å². The van der Waals surface area contributed by atoms with Crippen LogP contribution in [0.25, 0.3) is 0 Å². The number of ether oxygens (including phenoxy) is 1. The van der Waals surface area contributed by atoms with Crippen molar-refractivity contribution in [1.29, 1.82) is 0 Å². The van der Waals surface area contributed by atoms with E-state index in [1.807, 2.05) is 53.4 Å². The lowest BCUT2D eigenvalue weighted by Gasteiger charge is -2.28. The van der Waals surface area contributed by atoms with Crippen molar-refractivity contribution < 1.29 is 19.4 Å². The number of hydrogen-bond acceptors (Lipinski definition) is 6. The van der Waals surface area contributed by atoms with Crippen LogP contribution in [0.5, 0.6) is 0 Å². The Kier molecular flexibility index (Phi) is 5.07. The molecule has 0 saturated carbocycles. The Hall–Kier alpha value is -3.71. The molecule has 1 unspecified atom stereocenters. The molecule has 1 fully saturated rings. The minimum Gasteiger partial charge on any atom is -0.454 e. The predicted octanol–water partition coefficient (Wildman–Crippen LogP) is 3.13. The summed E-state index contributed by atoms with van der Waals surface area (Å²) in [6.45, 7) is 1.49. The molecule has 0 radical (unpaired) electrons. The van der Waals surface area contributed by atoms with Gasteiger partial charge in [0.15, 0.2) is 0 Å². The number of esters is 1. The monoisotopic (exact) mass is 455 g/mol. The van der Waals surface area contributed by atoms with E-state index in [9.17, 15) is 14.7 Å². The van der Waals surface area contributed by atoms with E-state index in [4.69, 9.17) is 4.74 Å². The zero-order valence-electron chi connectivity index (χ0n) is 18.6. The first-order valence-corrected chi connectivity index (χ1v) is 11.6. The van der Waals surface area contributed by atoms with Crippen molar-refractivity contribution >= 4 is 17.7 Å². The SMILES string of the molecule is O=C1OC(c2ccccc2)Cc2cc(C(=O)N3Cc4cccnc4N4C[C@H](O)C[C@H]4C3)ccc21. The smallest absolute Gasteiger partial charge is 0.339 e. The molecular weight excluding hydrogens is 430 g/mol. The number of anilines is 1. The highest BCUT2D eigenvalue weighted by atomic mass is 16.5. The summed E-state index contributed by atoms with van der Waals surface area (Å²) in [5.74, 6) is 0.397. The first-order valence-electron chi connectivity index (χ1n) is 11.6. The molecule has 4 heterocycles. The third-order valence-electron chi connectivity index (χ3n) is 7.01. The van der Waals surface area contributed by atoms with Gasteiger partial charge in [-0.3, -0.25) is 4.79 Å². The van der Waals surface area contributed by atoms with Gasteiger partial charge in [0.1, 0.15) is 11.9 Å². The van der Waals surface area contributed by atoms with Crippen molar-refractivity contribution in [2.45, 2.75) is 37.6 Å². The van der Waals surface area contributed by atoms with E-state index in [2.05, 4.69) is 9.88 Å². The number of aliphatic hydroxyl groups excluding tert-OH is 1. The molecule has 1 aromatic heterocycles. The molecule has 34 heavy (non-hydrogen) atoms. The lowest BCUT2D eigenvalue weighted by Crippen LogP contribution is -2.40. The highest BCUT2D eigenvalue weighted by Crippen LogP contribution is 2.34. The van der Waals surface area contributed by atoms with Gasteiger partial charge in [-0.15, -0.1) is 0 Å². The number of cyclic esters (lactones) is 1. The number of pyridine rings is 1. The number of aliphatic hydroxyl groups is 1. The van der Waals surface area contributed by atoms with E-state index in [1.165, 1.54) is 0 Å². The topological polar surface area (TPSA) is 83.0 Å². The van der Waals surface area contributed by atoms with Crippen LogP contribution in [0.4, 0.5) is 5.82 Å². The summed E-state index contributed by atoms with van der Waals surface area (Å²) in [5.41, 5.74) is 3.80. The van der Waals surface area contributed by atoms with Gasteiger partial charge >= 0.3 is 5.97 Å². The van der Waals surface area contributed by atoms with E-state index in [0.29, 0.717) is 43.6 Å². The van der Waals surface area contributed by atoms with Gasteiger partial charge in [0.2, 0.25) is 0 Å². The lowest BCUT2D eigenvalue weighted by atomic mass is 9.93. The molecule has 7 heteroatoms. The van der Waals surface area contributed by atoms with Crippen molar-refractivity contribution in [3.63, 3.8) is 0 Å². The summed E-state index contributed by atoms with van der Waals surface area (Å²) in [5, 5.41) is 10.3. The second-order valence-electron chi connectivity index (χ2n) is 9.25. The number of hydrogen-bond donors (Lipinski definition) is 1.